The van der Waals surface area contributed by atoms with E-state index in [1.807, 2.05) is 38.1 Å². The molecule has 0 heterocycles. The van der Waals surface area contributed by atoms with Crippen LogP contribution < -0.4 is 5.32 Å². The molecule has 0 bridgehead atoms. The average Bonchev–Trinajstić information content (AvgIpc) is 2.69. The maximum atomic E-state index is 13.1. The largest absolute Gasteiger partial charge is 0.352 e. The lowest BCUT2D eigenvalue weighted by Crippen LogP contribution is -2.49. The lowest BCUT2D eigenvalue weighted by molar-refractivity contribution is -0.140. The highest BCUT2D eigenvalue weighted by Crippen LogP contribution is 2.18. The molecule has 2 amide bonds. The first kappa shape index (κ1) is 24.1. The van der Waals surface area contributed by atoms with Crippen molar-refractivity contribution in [1.29, 1.82) is 0 Å². The second-order valence-corrected chi connectivity index (χ2v) is 9.30. The van der Waals surface area contributed by atoms with E-state index < -0.39 is 6.04 Å². The van der Waals surface area contributed by atoms with Crippen molar-refractivity contribution in [2.75, 3.05) is 0 Å². The molecule has 1 unspecified atom stereocenters. The van der Waals surface area contributed by atoms with Gasteiger partial charge in [-0.1, -0.05) is 66.2 Å². The highest BCUT2D eigenvalue weighted by Gasteiger charge is 2.26. The summed E-state index contributed by atoms with van der Waals surface area (Å²) in [6.45, 7) is 10.4. The molecule has 0 aliphatic heterocycles. The summed E-state index contributed by atoms with van der Waals surface area (Å²) in [6.07, 6.45) is 1.03. The number of carbonyl (C=O) groups excluding carboxylic acids is 2. The minimum Gasteiger partial charge on any atom is -0.352 e. The van der Waals surface area contributed by atoms with Gasteiger partial charge in [-0.2, -0.15) is 0 Å². The van der Waals surface area contributed by atoms with Crippen LogP contribution in [-0.4, -0.2) is 28.8 Å². The van der Waals surface area contributed by atoms with Crippen LogP contribution in [0.25, 0.3) is 0 Å². The van der Waals surface area contributed by atoms with Crippen LogP contribution in [0.4, 0.5) is 0 Å². The van der Waals surface area contributed by atoms with Crippen LogP contribution >= 0.6 is 15.9 Å². The maximum absolute atomic E-state index is 13.1. The fraction of sp³-hybridized carbons (Fsp3) is 0.440. The third kappa shape index (κ3) is 7.28. The predicted molar refractivity (Wildman–Crippen MR) is 126 cm³/mol. The smallest absolute Gasteiger partial charge is 0.242 e. The van der Waals surface area contributed by atoms with Crippen molar-refractivity contribution in [3.63, 3.8) is 0 Å². The highest BCUT2D eigenvalue weighted by molar-refractivity contribution is 9.10. The number of amides is 2. The molecule has 0 saturated heterocycles. The predicted octanol–water partition coefficient (Wildman–Crippen LogP) is 5.45. The molecule has 5 heteroatoms. The van der Waals surface area contributed by atoms with Crippen LogP contribution in [0.1, 0.15) is 63.6 Å². The molecular formula is C25H33BrN2O2. The minimum atomic E-state index is -0.540. The van der Waals surface area contributed by atoms with Crippen LogP contribution in [0.15, 0.2) is 53.0 Å². The fourth-order valence-corrected chi connectivity index (χ4v) is 3.73. The lowest BCUT2D eigenvalue weighted by atomic mass is 10.00. The highest BCUT2D eigenvalue weighted by atomic mass is 79.9. The molecule has 162 valence electrons. The topological polar surface area (TPSA) is 49.4 Å². The van der Waals surface area contributed by atoms with Crippen LogP contribution in [0.5, 0.6) is 0 Å². The molecule has 4 nitrogen and oxygen atoms in total. The summed E-state index contributed by atoms with van der Waals surface area (Å²) in [5.74, 6) is 0.339. The van der Waals surface area contributed by atoms with E-state index >= 15 is 0 Å². The van der Waals surface area contributed by atoms with Gasteiger partial charge in [0.1, 0.15) is 6.04 Å². The van der Waals surface area contributed by atoms with E-state index in [4.69, 9.17) is 0 Å². The molecule has 2 aromatic rings. The van der Waals surface area contributed by atoms with E-state index in [9.17, 15) is 9.59 Å². The number of benzene rings is 2. The van der Waals surface area contributed by atoms with Crippen LogP contribution in [0.3, 0.4) is 0 Å². The van der Waals surface area contributed by atoms with E-state index in [1.54, 1.807) is 11.8 Å². The van der Waals surface area contributed by atoms with Crippen molar-refractivity contribution in [1.82, 2.24) is 10.2 Å². The average molecular weight is 473 g/mol. The van der Waals surface area contributed by atoms with Gasteiger partial charge in [0, 0.05) is 23.5 Å². The van der Waals surface area contributed by atoms with Gasteiger partial charge in [0.2, 0.25) is 11.8 Å². The second kappa shape index (κ2) is 11.3. The van der Waals surface area contributed by atoms with Gasteiger partial charge < -0.3 is 10.2 Å². The summed E-state index contributed by atoms with van der Waals surface area (Å²) in [5, 5.41) is 2.92. The van der Waals surface area contributed by atoms with Crippen molar-refractivity contribution in [2.45, 2.75) is 72.0 Å². The van der Waals surface area contributed by atoms with Gasteiger partial charge in [0.05, 0.1) is 0 Å². The molecule has 1 atom stereocenters. The van der Waals surface area contributed by atoms with E-state index in [-0.39, 0.29) is 17.9 Å². The summed E-state index contributed by atoms with van der Waals surface area (Å²) < 4.78 is 0.955. The summed E-state index contributed by atoms with van der Waals surface area (Å²) in [4.78, 5) is 27.4. The third-order valence-electron chi connectivity index (χ3n) is 5.11. The minimum absolute atomic E-state index is 0.0192. The number of aryl methyl sites for hydroxylation is 1. The van der Waals surface area contributed by atoms with E-state index in [1.165, 1.54) is 5.56 Å². The Kier molecular flexibility index (Phi) is 9.09. The molecule has 0 radical (unpaired) electrons. The molecular weight excluding hydrogens is 440 g/mol. The molecule has 0 aliphatic carbocycles. The Morgan fingerprint density at radius 2 is 1.63 bits per heavy atom. The van der Waals surface area contributed by atoms with Gasteiger partial charge in [-0.25, -0.2) is 0 Å². The first-order valence-corrected chi connectivity index (χ1v) is 11.4. The van der Waals surface area contributed by atoms with Gasteiger partial charge in [-0.15, -0.1) is 0 Å². The van der Waals surface area contributed by atoms with Crippen LogP contribution in [-0.2, 0) is 22.6 Å². The number of nitrogens with zero attached hydrogens (tertiary/aromatic N) is 1. The van der Waals surface area contributed by atoms with Gasteiger partial charge in [-0.3, -0.25) is 9.59 Å². The van der Waals surface area contributed by atoms with Gasteiger partial charge in [0.25, 0.3) is 0 Å². The third-order valence-corrected chi connectivity index (χ3v) is 5.61. The van der Waals surface area contributed by atoms with Crippen molar-refractivity contribution in [2.24, 2.45) is 0 Å². The molecule has 0 aromatic heterocycles. The lowest BCUT2D eigenvalue weighted by Gasteiger charge is -2.29. The molecule has 1 N–H and O–H groups in total. The fourth-order valence-electron chi connectivity index (χ4n) is 3.28. The molecule has 2 aromatic carbocycles. The molecule has 0 aliphatic rings. The summed E-state index contributed by atoms with van der Waals surface area (Å²) >= 11 is 3.48. The Morgan fingerprint density at radius 3 is 2.20 bits per heavy atom. The number of halogens is 1. The first-order chi connectivity index (χ1) is 14.2. The van der Waals surface area contributed by atoms with Crippen molar-refractivity contribution in [3.05, 3.63) is 69.7 Å². The number of carbonyl (C=O) groups is 2. The molecule has 0 saturated carbocycles. The van der Waals surface area contributed by atoms with Crippen LogP contribution in [0.2, 0.25) is 0 Å². The summed E-state index contributed by atoms with van der Waals surface area (Å²) in [6, 6.07) is 15.8. The molecule has 2 rings (SSSR count). The number of hydrogen-bond donors (Lipinski definition) is 1. The zero-order chi connectivity index (χ0) is 22.3. The Labute approximate surface area is 189 Å². The second-order valence-electron chi connectivity index (χ2n) is 8.39. The normalized spacial score (nSPS) is 12.1. The van der Waals surface area contributed by atoms with E-state index in [0.29, 0.717) is 25.3 Å². The van der Waals surface area contributed by atoms with Crippen LogP contribution in [0, 0.1) is 0 Å². The Hall–Kier alpha value is -2.14. The van der Waals surface area contributed by atoms with Gasteiger partial charge in [-0.05, 0) is 61.9 Å². The van der Waals surface area contributed by atoms with Crippen molar-refractivity contribution >= 4 is 27.7 Å². The molecule has 30 heavy (non-hydrogen) atoms. The summed E-state index contributed by atoms with van der Waals surface area (Å²) in [5.41, 5.74) is 3.41. The summed E-state index contributed by atoms with van der Waals surface area (Å²) in [7, 11) is 0. The monoisotopic (exact) mass is 472 g/mol. The van der Waals surface area contributed by atoms with Gasteiger partial charge >= 0.3 is 0 Å². The van der Waals surface area contributed by atoms with E-state index in [2.05, 4.69) is 59.4 Å². The van der Waals surface area contributed by atoms with Crippen molar-refractivity contribution in [3.8, 4) is 0 Å². The number of rotatable bonds is 9. The zero-order valence-electron chi connectivity index (χ0n) is 18.6. The molecule has 0 fully saturated rings. The molecule has 0 spiro atoms. The SMILES string of the molecule is CC(C)NC(=O)C(C)N(Cc1cccc(Br)c1)C(=O)CCc1ccc(C(C)C)cc1. The van der Waals surface area contributed by atoms with E-state index in [0.717, 1.165) is 15.6 Å². The first-order valence-electron chi connectivity index (χ1n) is 10.6. The quantitative estimate of drug-likeness (QED) is 0.527. The number of hydrogen-bond acceptors (Lipinski definition) is 2. The zero-order valence-corrected chi connectivity index (χ0v) is 20.2. The Morgan fingerprint density at radius 1 is 0.967 bits per heavy atom. The standard InChI is InChI=1S/C25H33BrN2O2/c1-17(2)22-12-9-20(10-13-22)11-14-24(29)28(19(5)25(30)27-18(3)4)16-21-7-6-8-23(26)15-21/h6-10,12-13,15,17-19H,11,14,16H2,1-5H3,(H,27,30). The van der Waals surface area contributed by atoms with Gasteiger partial charge in [0.15, 0.2) is 0 Å². The Bertz CT molecular complexity index is 846. The Balaban J connectivity index is 2.13. The van der Waals surface area contributed by atoms with Crippen molar-refractivity contribution < 1.29 is 9.59 Å². The number of nitrogens with one attached hydrogen (secondary N) is 1. The maximum Gasteiger partial charge on any atom is 0.242 e.